The van der Waals surface area contributed by atoms with Crippen LogP contribution in [0.15, 0.2) is 30.9 Å². The minimum atomic E-state index is -0.0440. The molecule has 6 heteroatoms. The van der Waals surface area contributed by atoms with E-state index in [4.69, 9.17) is 4.74 Å². The lowest BCUT2D eigenvalue weighted by molar-refractivity contribution is 0.0365. The third-order valence-corrected chi connectivity index (χ3v) is 3.07. The third-order valence-electron chi connectivity index (χ3n) is 3.07. The number of anilines is 1. The van der Waals surface area contributed by atoms with Crippen molar-refractivity contribution in [3.05, 3.63) is 42.4 Å². The van der Waals surface area contributed by atoms with E-state index in [2.05, 4.69) is 24.8 Å². The van der Waals surface area contributed by atoms with Crippen molar-refractivity contribution in [2.75, 3.05) is 24.6 Å². The molecular weight excluding hydrogens is 242 g/mol. The molecule has 1 atom stereocenters. The normalized spacial score (nSPS) is 19.4. The van der Waals surface area contributed by atoms with Gasteiger partial charge in [-0.3, -0.25) is 4.98 Å². The highest BCUT2D eigenvalue weighted by Crippen LogP contribution is 2.23. The first-order chi connectivity index (χ1) is 9.33. The molecule has 2 aromatic heterocycles. The molecule has 0 spiro atoms. The molecule has 1 unspecified atom stereocenters. The second kappa shape index (κ2) is 5.27. The highest BCUT2D eigenvalue weighted by Gasteiger charge is 2.24. The number of morpholine rings is 1. The number of aryl methyl sites for hydroxylation is 1. The van der Waals surface area contributed by atoms with E-state index < -0.39 is 0 Å². The Morgan fingerprint density at radius 2 is 2.21 bits per heavy atom. The van der Waals surface area contributed by atoms with Gasteiger partial charge in [-0.1, -0.05) is 0 Å². The molecule has 0 saturated carbocycles. The molecule has 0 N–H and O–H groups in total. The van der Waals surface area contributed by atoms with E-state index >= 15 is 0 Å². The predicted molar refractivity (Wildman–Crippen MR) is 69.7 cm³/mol. The van der Waals surface area contributed by atoms with Crippen LogP contribution in [0.5, 0.6) is 0 Å². The van der Waals surface area contributed by atoms with Crippen molar-refractivity contribution >= 4 is 5.82 Å². The zero-order valence-corrected chi connectivity index (χ0v) is 10.7. The fourth-order valence-corrected chi connectivity index (χ4v) is 2.14. The average Bonchev–Trinajstić information content (AvgIpc) is 2.48. The molecule has 3 rings (SSSR count). The molecule has 1 saturated heterocycles. The highest BCUT2D eigenvalue weighted by atomic mass is 16.5. The van der Waals surface area contributed by atoms with Gasteiger partial charge in [-0.05, 0) is 13.0 Å². The maximum absolute atomic E-state index is 5.79. The summed E-state index contributed by atoms with van der Waals surface area (Å²) in [5, 5.41) is 0. The van der Waals surface area contributed by atoms with Crippen LogP contribution in [0, 0.1) is 6.92 Å². The Labute approximate surface area is 111 Å². The lowest BCUT2D eigenvalue weighted by Gasteiger charge is -2.33. The van der Waals surface area contributed by atoms with Crippen molar-refractivity contribution in [2.24, 2.45) is 0 Å². The smallest absolute Gasteiger partial charge is 0.147 e. The first kappa shape index (κ1) is 12.0. The monoisotopic (exact) mass is 257 g/mol. The molecule has 0 bridgehead atoms. The summed E-state index contributed by atoms with van der Waals surface area (Å²) in [6.07, 6.45) is 6.87. The summed E-state index contributed by atoms with van der Waals surface area (Å²) >= 11 is 0. The summed E-state index contributed by atoms with van der Waals surface area (Å²) in [6.45, 7) is 4.09. The van der Waals surface area contributed by atoms with E-state index in [9.17, 15) is 0 Å². The molecule has 1 aliphatic heterocycles. The number of nitrogens with zero attached hydrogens (tertiary/aromatic N) is 5. The zero-order valence-electron chi connectivity index (χ0n) is 10.7. The lowest BCUT2D eigenvalue weighted by Crippen LogP contribution is -2.39. The van der Waals surface area contributed by atoms with Crippen molar-refractivity contribution in [3.63, 3.8) is 0 Å². The molecule has 0 aromatic carbocycles. The standard InChI is InChI=1S/C13H15N5O/c1-10-15-3-2-11(17-10)12-9-18(6-7-19-12)13-8-14-4-5-16-13/h2-5,8,12H,6-7,9H2,1H3. The molecule has 6 nitrogen and oxygen atoms in total. The Kier molecular flexibility index (Phi) is 3.33. The molecule has 0 aliphatic carbocycles. The number of aromatic nitrogens is 4. The van der Waals surface area contributed by atoms with Crippen LogP contribution in [0.3, 0.4) is 0 Å². The summed E-state index contributed by atoms with van der Waals surface area (Å²) < 4.78 is 5.79. The molecule has 98 valence electrons. The van der Waals surface area contributed by atoms with Crippen LogP contribution in [-0.4, -0.2) is 39.6 Å². The van der Waals surface area contributed by atoms with Crippen LogP contribution in [0.2, 0.25) is 0 Å². The molecule has 0 radical (unpaired) electrons. The van der Waals surface area contributed by atoms with Crippen molar-refractivity contribution in [2.45, 2.75) is 13.0 Å². The fourth-order valence-electron chi connectivity index (χ4n) is 2.14. The van der Waals surface area contributed by atoms with Gasteiger partial charge in [0.2, 0.25) is 0 Å². The molecule has 2 aromatic rings. The predicted octanol–water partition coefficient (Wildman–Crippen LogP) is 1.15. The van der Waals surface area contributed by atoms with Crippen molar-refractivity contribution in [3.8, 4) is 0 Å². The number of hydrogen-bond donors (Lipinski definition) is 0. The maximum atomic E-state index is 5.79. The summed E-state index contributed by atoms with van der Waals surface area (Å²) in [4.78, 5) is 19.1. The van der Waals surface area contributed by atoms with E-state index in [0.717, 1.165) is 30.4 Å². The van der Waals surface area contributed by atoms with Crippen molar-refractivity contribution in [1.82, 2.24) is 19.9 Å². The van der Waals surface area contributed by atoms with Crippen LogP contribution >= 0.6 is 0 Å². The molecule has 1 aliphatic rings. The SMILES string of the molecule is Cc1nccc(C2CN(c3cnccn3)CCO2)n1. The minimum absolute atomic E-state index is 0.0440. The van der Waals surface area contributed by atoms with Crippen LogP contribution < -0.4 is 4.90 Å². The minimum Gasteiger partial charge on any atom is -0.368 e. The maximum Gasteiger partial charge on any atom is 0.147 e. The average molecular weight is 257 g/mol. The van der Waals surface area contributed by atoms with Crippen LogP contribution in [-0.2, 0) is 4.74 Å². The third kappa shape index (κ3) is 2.68. The Bertz CT molecular complexity index is 548. The van der Waals surface area contributed by atoms with Gasteiger partial charge in [0.15, 0.2) is 0 Å². The van der Waals surface area contributed by atoms with Gasteiger partial charge < -0.3 is 9.64 Å². The van der Waals surface area contributed by atoms with Gasteiger partial charge in [0.25, 0.3) is 0 Å². The van der Waals surface area contributed by atoms with Gasteiger partial charge in [0.05, 0.1) is 25.0 Å². The number of ether oxygens (including phenoxy) is 1. The fraction of sp³-hybridized carbons (Fsp3) is 0.385. The topological polar surface area (TPSA) is 64.0 Å². The van der Waals surface area contributed by atoms with Crippen molar-refractivity contribution < 1.29 is 4.74 Å². The summed E-state index contributed by atoms with van der Waals surface area (Å²) in [7, 11) is 0. The summed E-state index contributed by atoms with van der Waals surface area (Å²) in [5.41, 5.74) is 0.918. The number of rotatable bonds is 2. The van der Waals surface area contributed by atoms with Gasteiger partial charge in [0, 0.05) is 25.1 Å². The quantitative estimate of drug-likeness (QED) is 0.804. The van der Waals surface area contributed by atoms with Crippen LogP contribution in [0.25, 0.3) is 0 Å². The largest absolute Gasteiger partial charge is 0.368 e. The Balaban J connectivity index is 1.78. The lowest BCUT2D eigenvalue weighted by atomic mass is 10.2. The van der Waals surface area contributed by atoms with Crippen LogP contribution in [0.4, 0.5) is 5.82 Å². The van der Waals surface area contributed by atoms with Gasteiger partial charge in [-0.15, -0.1) is 0 Å². The second-order valence-corrected chi connectivity index (χ2v) is 4.40. The highest BCUT2D eigenvalue weighted by molar-refractivity contribution is 5.36. The van der Waals surface area contributed by atoms with E-state index in [1.54, 1.807) is 24.8 Å². The summed E-state index contributed by atoms with van der Waals surface area (Å²) in [6, 6.07) is 1.90. The Morgan fingerprint density at radius 3 is 3.00 bits per heavy atom. The first-order valence-corrected chi connectivity index (χ1v) is 6.25. The zero-order chi connectivity index (χ0) is 13.1. The number of hydrogen-bond acceptors (Lipinski definition) is 6. The Hall–Kier alpha value is -2.08. The van der Waals surface area contributed by atoms with Gasteiger partial charge in [0.1, 0.15) is 17.7 Å². The van der Waals surface area contributed by atoms with Crippen LogP contribution in [0.1, 0.15) is 17.6 Å². The van der Waals surface area contributed by atoms with Gasteiger partial charge >= 0.3 is 0 Å². The molecule has 3 heterocycles. The van der Waals surface area contributed by atoms with E-state index in [1.807, 2.05) is 13.0 Å². The van der Waals surface area contributed by atoms with E-state index in [-0.39, 0.29) is 6.10 Å². The van der Waals surface area contributed by atoms with E-state index in [0.29, 0.717) is 6.61 Å². The second-order valence-electron chi connectivity index (χ2n) is 4.40. The molecule has 19 heavy (non-hydrogen) atoms. The van der Waals surface area contributed by atoms with E-state index in [1.165, 1.54) is 0 Å². The van der Waals surface area contributed by atoms with Gasteiger partial charge in [-0.25, -0.2) is 15.0 Å². The summed E-state index contributed by atoms with van der Waals surface area (Å²) in [5.74, 6) is 1.64. The first-order valence-electron chi connectivity index (χ1n) is 6.25. The van der Waals surface area contributed by atoms with Crippen molar-refractivity contribution in [1.29, 1.82) is 0 Å². The van der Waals surface area contributed by atoms with Gasteiger partial charge in [-0.2, -0.15) is 0 Å². The Morgan fingerprint density at radius 1 is 1.26 bits per heavy atom. The molecule has 1 fully saturated rings. The molecular formula is C13H15N5O. The molecule has 0 amide bonds.